The second-order valence-corrected chi connectivity index (χ2v) is 5.97. The van der Waals surface area contributed by atoms with E-state index in [-0.39, 0.29) is 11.6 Å². The maximum absolute atomic E-state index is 12.7. The van der Waals surface area contributed by atoms with Gasteiger partial charge in [-0.05, 0) is 42.5 Å². The van der Waals surface area contributed by atoms with Crippen molar-refractivity contribution in [2.45, 2.75) is 6.18 Å². The minimum Gasteiger partial charge on any atom is -0.437 e. The van der Waals surface area contributed by atoms with Gasteiger partial charge in [0.2, 0.25) is 5.88 Å². The van der Waals surface area contributed by atoms with E-state index in [0.29, 0.717) is 16.9 Å². The molecule has 4 rings (SSSR count). The molecule has 28 heavy (non-hydrogen) atoms. The smallest absolute Gasteiger partial charge is 0.416 e. The molecular weight excluding hydrogens is 369 g/mol. The molecule has 0 aliphatic carbocycles. The first kappa shape index (κ1) is 17.7. The van der Waals surface area contributed by atoms with Crippen LogP contribution in [0.4, 0.5) is 18.9 Å². The van der Waals surface area contributed by atoms with E-state index in [4.69, 9.17) is 10.5 Å². The Morgan fingerprint density at radius 3 is 2.32 bits per heavy atom. The summed E-state index contributed by atoms with van der Waals surface area (Å²) in [5.41, 5.74) is 7.70. The van der Waals surface area contributed by atoms with E-state index in [1.807, 2.05) is 6.07 Å². The molecule has 0 spiro atoms. The van der Waals surface area contributed by atoms with Crippen LogP contribution in [-0.2, 0) is 6.18 Å². The van der Waals surface area contributed by atoms with Gasteiger partial charge in [0.25, 0.3) is 0 Å². The van der Waals surface area contributed by atoms with Gasteiger partial charge in [0.1, 0.15) is 11.4 Å². The van der Waals surface area contributed by atoms with E-state index in [1.165, 1.54) is 24.5 Å². The first-order valence-corrected chi connectivity index (χ1v) is 8.22. The van der Waals surface area contributed by atoms with Crippen LogP contribution >= 0.6 is 0 Å². The Morgan fingerprint density at radius 1 is 0.821 bits per heavy atom. The summed E-state index contributed by atoms with van der Waals surface area (Å²) in [5, 5.41) is 0.756. The fourth-order valence-corrected chi connectivity index (χ4v) is 2.74. The van der Waals surface area contributed by atoms with E-state index in [2.05, 4.69) is 15.0 Å². The molecule has 4 aromatic rings. The minimum atomic E-state index is -4.41. The lowest BCUT2D eigenvalue weighted by Crippen LogP contribution is -2.04. The van der Waals surface area contributed by atoms with Crippen molar-refractivity contribution in [1.29, 1.82) is 0 Å². The summed E-state index contributed by atoms with van der Waals surface area (Å²) in [6, 6.07) is 11.5. The van der Waals surface area contributed by atoms with Crippen LogP contribution in [0.25, 0.3) is 22.2 Å². The van der Waals surface area contributed by atoms with Gasteiger partial charge in [-0.3, -0.25) is 4.98 Å². The summed E-state index contributed by atoms with van der Waals surface area (Å²) in [4.78, 5) is 12.7. The normalized spacial score (nSPS) is 11.5. The number of aromatic nitrogens is 3. The Bertz CT molecular complexity index is 1140. The molecule has 0 radical (unpaired) electrons. The molecule has 2 aromatic heterocycles. The monoisotopic (exact) mass is 382 g/mol. The summed E-state index contributed by atoms with van der Waals surface area (Å²) in [7, 11) is 0. The van der Waals surface area contributed by atoms with Crippen LogP contribution in [0, 0.1) is 0 Å². The molecule has 2 heterocycles. The zero-order chi connectivity index (χ0) is 19.7. The molecule has 0 saturated heterocycles. The molecule has 2 N–H and O–H groups in total. The number of halogens is 3. The number of benzene rings is 2. The third kappa shape index (κ3) is 3.44. The molecular formula is C20H13F3N4O. The van der Waals surface area contributed by atoms with Crippen molar-refractivity contribution in [3.63, 3.8) is 0 Å². The average Bonchev–Trinajstić information content (AvgIpc) is 2.68. The second kappa shape index (κ2) is 6.80. The zero-order valence-electron chi connectivity index (χ0n) is 14.3. The lowest BCUT2D eigenvalue weighted by Gasteiger charge is -2.11. The van der Waals surface area contributed by atoms with Gasteiger partial charge in [-0.2, -0.15) is 13.2 Å². The Balaban J connectivity index is 1.71. The van der Waals surface area contributed by atoms with Gasteiger partial charge >= 0.3 is 6.18 Å². The van der Waals surface area contributed by atoms with Crippen LogP contribution in [0.5, 0.6) is 11.6 Å². The van der Waals surface area contributed by atoms with Crippen LogP contribution < -0.4 is 10.5 Å². The number of anilines is 1. The van der Waals surface area contributed by atoms with Gasteiger partial charge in [-0.25, -0.2) is 9.97 Å². The number of fused-ring (bicyclic) bond motifs is 1. The van der Waals surface area contributed by atoms with E-state index in [9.17, 15) is 13.2 Å². The number of hydrogen-bond acceptors (Lipinski definition) is 5. The SMILES string of the molecule is Nc1ccnc2ccc(-c3nccnc3Oc3ccc(C(F)(F)F)cc3)cc12. The number of nitrogens with two attached hydrogens (primary N) is 1. The van der Waals surface area contributed by atoms with Gasteiger partial charge in [0, 0.05) is 35.2 Å². The highest BCUT2D eigenvalue weighted by Gasteiger charge is 2.30. The van der Waals surface area contributed by atoms with Crippen molar-refractivity contribution in [2.75, 3.05) is 5.73 Å². The van der Waals surface area contributed by atoms with E-state index in [1.54, 1.807) is 24.4 Å². The number of hydrogen-bond donors (Lipinski definition) is 1. The van der Waals surface area contributed by atoms with Gasteiger partial charge in [-0.15, -0.1) is 0 Å². The topological polar surface area (TPSA) is 73.9 Å². The van der Waals surface area contributed by atoms with Crippen LogP contribution in [0.15, 0.2) is 67.1 Å². The maximum Gasteiger partial charge on any atom is 0.416 e. The molecule has 2 aromatic carbocycles. The number of nitrogens with zero attached hydrogens (tertiary/aromatic N) is 3. The fraction of sp³-hybridized carbons (Fsp3) is 0.0500. The Hall–Kier alpha value is -3.68. The first-order valence-electron chi connectivity index (χ1n) is 8.22. The fourth-order valence-electron chi connectivity index (χ4n) is 2.74. The molecule has 0 aliphatic rings. The largest absolute Gasteiger partial charge is 0.437 e. The molecule has 0 bridgehead atoms. The highest BCUT2D eigenvalue weighted by Crippen LogP contribution is 2.34. The highest BCUT2D eigenvalue weighted by atomic mass is 19.4. The molecule has 0 amide bonds. The summed E-state index contributed by atoms with van der Waals surface area (Å²) in [6.45, 7) is 0. The lowest BCUT2D eigenvalue weighted by atomic mass is 10.1. The van der Waals surface area contributed by atoms with Crippen LogP contribution in [0.1, 0.15) is 5.56 Å². The first-order chi connectivity index (χ1) is 13.4. The minimum absolute atomic E-state index is 0.170. The van der Waals surface area contributed by atoms with Crippen molar-refractivity contribution < 1.29 is 17.9 Å². The number of ether oxygens (including phenoxy) is 1. The lowest BCUT2D eigenvalue weighted by molar-refractivity contribution is -0.137. The predicted octanol–water partition coefficient (Wildman–Crippen LogP) is 5.09. The molecule has 5 nitrogen and oxygen atoms in total. The Kier molecular flexibility index (Phi) is 4.31. The number of nitrogen functional groups attached to an aromatic ring is 1. The molecule has 0 unspecified atom stereocenters. The average molecular weight is 382 g/mol. The van der Waals surface area contributed by atoms with E-state index >= 15 is 0 Å². The second-order valence-electron chi connectivity index (χ2n) is 5.97. The van der Waals surface area contributed by atoms with Gasteiger partial charge in [-0.1, -0.05) is 6.07 Å². The van der Waals surface area contributed by atoms with Crippen molar-refractivity contribution in [3.05, 3.63) is 72.7 Å². The Morgan fingerprint density at radius 2 is 1.57 bits per heavy atom. The van der Waals surface area contributed by atoms with E-state index in [0.717, 1.165) is 23.0 Å². The van der Waals surface area contributed by atoms with Crippen LogP contribution in [-0.4, -0.2) is 15.0 Å². The number of rotatable bonds is 3. The highest BCUT2D eigenvalue weighted by molar-refractivity contribution is 5.93. The van der Waals surface area contributed by atoms with Crippen molar-refractivity contribution in [1.82, 2.24) is 15.0 Å². The third-order valence-corrected chi connectivity index (χ3v) is 4.11. The maximum atomic E-state index is 12.7. The molecule has 0 saturated carbocycles. The standard InChI is InChI=1S/C20H13F3N4O/c21-20(22,23)13-2-4-14(5-3-13)28-19-18(26-9-10-27-19)12-1-6-17-15(11-12)16(24)7-8-25-17/h1-11H,(H2,24,25). The molecule has 8 heteroatoms. The summed E-state index contributed by atoms with van der Waals surface area (Å²) in [5.74, 6) is 0.390. The number of alkyl halides is 3. The molecule has 0 atom stereocenters. The van der Waals surface area contributed by atoms with Crippen LogP contribution in [0.2, 0.25) is 0 Å². The quantitative estimate of drug-likeness (QED) is 0.535. The molecule has 0 aliphatic heterocycles. The third-order valence-electron chi connectivity index (χ3n) is 4.11. The van der Waals surface area contributed by atoms with E-state index < -0.39 is 11.7 Å². The molecule has 0 fully saturated rings. The molecule has 140 valence electrons. The van der Waals surface area contributed by atoms with Crippen molar-refractivity contribution in [2.24, 2.45) is 0 Å². The van der Waals surface area contributed by atoms with Crippen LogP contribution in [0.3, 0.4) is 0 Å². The zero-order valence-corrected chi connectivity index (χ0v) is 14.3. The summed E-state index contributed by atoms with van der Waals surface area (Å²) < 4.78 is 43.8. The Labute approximate surface area is 157 Å². The summed E-state index contributed by atoms with van der Waals surface area (Å²) >= 11 is 0. The van der Waals surface area contributed by atoms with Gasteiger partial charge in [0.05, 0.1) is 11.1 Å². The van der Waals surface area contributed by atoms with Crippen molar-refractivity contribution >= 4 is 16.6 Å². The van der Waals surface area contributed by atoms with Gasteiger partial charge < -0.3 is 10.5 Å². The number of pyridine rings is 1. The van der Waals surface area contributed by atoms with Crippen molar-refractivity contribution in [3.8, 4) is 22.9 Å². The van der Waals surface area contributed by atoms with Gasteiger partial charge in [0.15, 0.2) is 0 Å². The predicted molar refractivity (Wildman–Crippen MR) is 98.7 cm³/mol. The summed E-state index contributed by atoms with van der Waals surface area (Å²) in [6.07, 6.45) is 0.166.